The van der Waals surface area contributed by atoms with Gasteiger partial charge in [0.15, 0.2) is 11.5 Å². The topological polar surface area (TPSA) is 148 Å². The van der Waals surface area contributed by atoms with Gasteiger partial charge in [-0.05, 0) is 48.7 Å². The van der Waals surface area contributed by atoms with Crippen molar-refractivity contribution in [3.05, 3.63) is 64.7 Å². The summed E-state index contributed by atoms with van der Waals surface area (Å²) in [6, 6.07) is 13.3. The molecule has 192 valence electrons. The Morgan fingerprint density at radius 1 is 1.16 bits per heavy atom. The van der Waals surface area contributed by atoms with Crippen LogP contribution in [0.15, 0.2) is 52.4 Å². The van der Waals surface area contributed by atoms with Crippen molar-refractivity contribution in [2.45, 2.75) is 25.1 Å². The molecular formula is C25H24N4O6S2. The third-order valence-electron chi connectivity index (χ3n) is 4.77. The van der Waals surface area contributed by atoms with Crippen LogP contribution in [0.5, 0.6) is 11.5 Å². The molecule has 1 N–H and O–H groups in total. The van der Waals surface area contributed by atoms with Gasteiger partial charge in [-0.15, -0.1) is 10.2 Å². The average Bonchev–Trinajstić information content (AvgIpc) is 3.32. The van der Waals surface area contributed by atoms with Gasteiger partial charge in [-0.1, -0.05) is 48.9 Å². The molecule has 0 aliphatic rings. The first kappa shape index (κ1) is 27.5. The lowest BCUT2D eigenvalue weighted by Crippen LogP contribution is -2.13. The standard InChI is InChI=1S/C25H24N4O6S2/c1-15(2)14-37(32,33)25-29-28-24(36-25)27-22(30)19(13-26)11-17-8-9-20(21(12-17)34-4)35-23(31)18-7-5-6-16(3)10-18/h5-12,15H,14H2,1-4H3,(H,27,28,30). The fourth-order valence-electron chi connectivity index (χ4n) is 3.16. The minimum absolute atomic E-state index is 0.0514. The molecule has 2 aromatic carbocycles. The predicted octanol–water partition coefficient (Wildman–Crippen LogP) is 4.05. The quantitative estimate of drug-likeness (QED) is 0.139. The van der Waals surface area contributed by atoms with Crippen LogP contribution in [0.25, 0.3) is 6.08 Å². The minimum Gasteiger partial charge on any atom is -0.493 e. The van der Waals surface area contributed by atoms with E-state index in [1.165, 1.54) is 25.3 Å². The smallest absolute Gasteiger partial charge is 0.343 e. The Kier molecular flexibility index (Phi) is 8.75. The van der Waals surface area contributed by atoms with Crippen LogP contribution in [0.4, 0.5) is 5.13 Å². The van der Waals surface area contributed by atoms with Crippen LogP contribution in [0.3, 0.4) is 0 Å². The molecule has 0 atom stereocenters. The molecule has 0 radical (unpaired) electrons. The average molecular weight is 541 g/mol. The third kappa shape index (κ3) is 7.22. The zero-order chi connectivity index (χ0) is 27.2. The Morgan fingerprint density at radius 2 is 1.92 bits per heavy atom. The molecule has 0 bridgehead atoms. The van der Waals surface area contributed by atoms with Crippen LogP contribution in [0.1, 0.15) is 35.3 Å². The zero-order valence-electron chi connectivity index (χ0n) is 20.5. The summed E-state index contributed by atoms with van der Waals surface area (Å²) in [4.78, 5) is 25.1. The number of carbonyl (C=O) groups excluding carboxylic acids is 2. The first-order valence-electron chi connectivity index (χ1n) is 11.0. The number of hydrogen-bond donors (Lipinski definition) is 1. The van der Waals surface area contributed by atoms with Crippen LogP contribution >= 0.6 is 11.3 Å². The number of anilines is 1. The maximum Gasteiger partial charge on any atom is 0.343 e. The van der Waals surface area contributed by atoms with Gasteiger partial charge in [0.2, 0.25) is 19.3 Å². The van der Waals surface area contributed by atoms with Gasteiger partial charge in [0.05, 0.1) is 18.4 Å². The Morgan fingerprint density at radius 3 is 2.57 bits per heavy atom. The molecular weight excluding hydrogens is 516 g/mol. The molecule has 0 aliphatic carbocycles. The summed E-state index contributed by atoms with van der Waals surface area (Å²) in [6.07, 6.45) is 1.31. The Hall–Kier alpha value is -4.08. The summed E-state index contributed by atoms with van der Waals surface area (Å²) in [5.41, 5.74) is 1.45. The van der Waals surface area contributed by atoms with Gasteiger partial charge in [-0.25, -0.2) is 13.2 Å². The molecule has 3 aromatic rings. The van der Waals surface area contributed by atoms with E-state index in [1.807, 2.05) is 13.0 Å². The van der Waals surface area contributed by atoms with Crippen molar-refractivity contribution >= 4 is 44.3 Å². The molecule has 0 saturated carbocycles. The lowest BCUT2D eigenvalue weighted by Gasteiger charge is -2.10. The number of nitriles is 1. The number of methoxy groups -OCH3 is 1. The second-order valence-corrected chi connectivity index (χ2v) is 11.5. The maximum atomic E-state index is 12.6. The van der Waals surface area contributed by atoms with E-state index in [0.29, 0.717) is 22.5 Å². The molecule has 10 nitrogen and oxygen atoms in total. The molecule has 0 fully saturated rings. The summed E-state index contributed by atoms with van der Waals surface area (Å²) in [6.45, 7) is 5.39. The Balaban J connectivity index is 1.77. The number of sulfone groups is 1. The van der Waals surface area contributed by atoms with Gasteiger partial charge in [-0.3, -0.25) is 10.1 Å². The largest absolute Gasteiger partial charge is 0.493 e. The number of aryl methyl sites for hydroxylation is 1. The predicted molar refractivity (Wildman–Crippen MR) is 138 cm³/mol. The number of hydrogen-bond acceptors (Lipinski definition) is 10. The van der Waals surface area contributed by atoms with Crippen molar-refractivity contribution in [3.63, 3.8) is 0 Å². The number of benzene rings is 2. The number of amides is 1. The van der Waals surface area contributed by atoms with Crippen molar-refractivity contribution in [2.75, 3.05) is 18.2 Å². The van der Waals surface area contributed by atoms with E-state index in [1.54, 1.807) is 44.2 Å². The number of ether oxygens (including phenoxy) is 2. The number of rotatable bonds is 9. The molecule has 1 amide bonds. The van der Waals surface area contributed by atoms with Crippen LogP contribution in [0.2, 0.25) is 0 Å². The van der Waals surface area contributed by atoms with Gasteiger partial charge in [0.1, 0.15) is 11.6 Å². The molecule has 37 heavy (non-hydrogen) atoms. The van der Waals surface area contributed by atoms with Crippen molar-refractivity contribution in [1.82, 2.24) is 10.2 Å². The van der Waals surface area contributed by atoms with E-state index in [-0.39, 0.29) is 38.2 Å². The summed E-state index contributed by atoms with van der Waals surface area (Å²) in [7, 11) is -2.23. The lowest BCUT2D eigenvalue weighted by atomic mass is 10.1. The molecule has 1 heterocycles. The number of esters is 1. The molecule has 0 aliphatic heterocycles. The lowest BCUT2D eigenvalue weighted by molar-refractivity contribution is -0.112. The van der Waals surface area contributed by atoms with Crippen molar-refractivity contribution in [2.24, 2.45) is 5.92 Å². The second-order valence-electron chi connectivity index (χ2n) is 8.34. The number of carbonyl (C=O) groups is 2. The van der Waals surface area contributed by atoms with E-state index in [9.17, 15) is 23.3 Å². The molecule has 12 heteroatoms. The zero-order valence-corrected chi connectivity index (χ0v) is 22.1. The summed E-state index contributed by atoms with van der Waals surface area (Å²) >= 11 is 0.710. The molecule has 3 rings (SSSR count). The van der Waals surface area contributed by atoms with Crippen LogP contribution in [-0.2, 0) is 14.6 Å². The SMILES string of the molecule is COc1cc(C=C(C#N)C(=O)Nc2nnc(S(=O)(=O)CC(C)C)s2)ccc1OC(=O)c1cccc(C)c1. The fourth-order valence-corrected chi connectivity index (χ4v) is 5.77. The van der Waals surface area contributed by atoms with E-state index < -0.39 is 21.7 Å². The van der Waals surface area contributed by atoms with Gasteiger partial charge in [0, 0.05) is 0 Å². The third-order valence-corrected chi connectivity index (χ3v) is 8.13. The molecule has 0 unspecified atom stereocenters. The van der Waals surface area contributed by atoms with Gasteiger partial charge >= 0.3 is 5.97 Å². The molecule has 0 spiro atoms. The highest BCUT2D eigenvalue weighted by Crippen LogP contribution is 2.30. The maximum absolute atomic E-state index is 12.6. The minimum atomic E-state index is -3.63. The first-order chi connectivity index (χ1) is 17.5. The number of aromatic nitrogens is 2. The summed E-state index contributed by atoms with van der Waals surface area (Å²) < 4.78 is 35.2. The van der Waals surface area contributed by atoms with Gasteiger partial charge in [-0.2, -0.15) is 5.26 Å². The van der Waals surface area contributed by atoms with E-state index in [0.717, 1.165) is 5.56 Å². The Labute approximate surface area is 218 Å². The highest BCUT2D eigenvalue weighted by molar-refractivity contribution is 7.93. The normalized spacial score (nSPS) is 11.6. The highest BCUT2D eigenvalue weighted by Gasteiger charge is 2.23. The van der Waals surface area contributed by atoms with Gasteiger partial charge in [0.25, 0.3) is 5.91 Å². The second kappa shape index (κ2) is 11.8. The fraction of sp³-hybridized carbons (Fsp3) is 0.240. The monoisotopic (exact) mass is 540 g/mol. The van der Waals surface area contributed by atoms with Crippen LogP contribution < -0.4 is 14.8 Å². The van der Waals surface area contributed by atoms with Crippen molar-refractivity contribution in [1.29, 1.82) is 5.26 Å². The first-order valence-corrected chi connectivity index (χ1v) is 13.5. The highest BCUT2D eigenvalue weighted by atomic mass is 32.2. The number of nitrogens with one attached hydrogen (secondary N) is 1. The van der Waals surface area contributed by atoms with Crippen molar-refractivity contribution < 1.29 is 27.5 Å². The molecule has 1 aromatic heterocycles. The Bertz CT molecular complexity index is 1500. The van der Waals surface area contributed by atoms with E-state index >= 15 is 0 Å². The van der Waals surface area contributed by atoms with E-state index in [4.69, 9.17) is 9.47 Å². The molecule has 0 saturated heterocycles. The summed E-state index contributed by atoms with van der Waals surface area (Å²) in [5.74, 6) is -1.17. The number of nitrogens with zero attached hydrogens (tertiary/aromatic N) is 3. The van der Waals surface area contributed by atoms with Crippen molar-refractivity contribution in [3.8, 4) is 17.6 Å². The summed E-state index contributed by atoms with van der Waals surface area (Å²) in [5, 5.41) is 19.2. The van der Waals surface area contributed by atoms with Gasteiger partial charge < -0.3 is 9.47 Å². The van der Waals surface area contributed by atoms with Crippen LogP contribution in [0, 0.1) is 24.2 Å². The van der Waals surface area contributed by atoms with Crippen LogP contribution in [-0.4, -0.2) is 43.4 Å². The van der Waals surface area contributed by atoms with E-state index in [2.05, 4.69) is 15.5 Å².